The molecule has 1 atom stereocenters. The Balaban J connectivity index is 1.82. The van der Waals surface area contributed by atoms with Gasteiger partial charge in [-0.3, -0.25) is 4.79 Å². The zero-order valence-electron chi connectivity index (χ0n) is 12.8. The Labute approximate surface area is 142 Å². The first-order valence-electron chi connectivity index (χ1n) is 7.16. The molecule has 0 radical (unpaired) electrons. The first kappa shape index (κ1) is 15.9. The molecule has 1 amide bonds. The van der Waals surface area contributed by atoms with Crippen molar-refractivity contribution in [1.82, 2.24) is 5.16 Å². The van der Waals surface area contributed by atoms with Crippen molar-refractivity contribution in [3.8, 4) is 0 Å². The van der Waals surface area contributed by atoms with E-state index in [1.807, 2.05) is 6.07 Å². The Morgan fingerprint density at radius 1 is 1.25 bits per heavy atom. The lowest BCUT2D eigenvalue weighted by Crippen LogP contribution is -2.26. The van der Waals surface area contributed by atoms with Crippen LogP contribution >= 0.6 is 11.3 Å². The van der Waals surface area contributed by atoms with Crippen LogP contribution in [0.5, 0.6) is 0 Å². The van der Waals surface area contributed by atoms with Gasteiger partial charge in [-0.1, -0.05) is 35.5 Å². The lowest BCUT2D eigenvalue weighted by Gasteiger charge is -2.17. The second-order valence-electron chi connectivity index (χ2n) is 5.02. The van der Waals surface area contributed by atoms with Gasteiger partial charge >= 0.3 is 5.97 Å². The molecule has 2 heterocycles. The highest BCUT2D eigenvalue weighted by Gasteiger charge is 2.26. The Kier molecular flexibility index (Phi) is 4.72. The van der Waals surface area contributed by atoms with E-state index in [0.29, 0.717) is 16.9 Å². The summed E-state index contributed by atoms with van der Waals surface area (Å²) < 4.78 is 10.3. The van der Waals surface area contributed by atoms with Gasteiger partial charge in [-0.2, -0.15) is 11.3 Å². The lowest BCUT2D eigenvalue weighted by molar-refractivity contribution is -0.125. The second-order valence-corrected chi connectivity index (χ2v) is 5.80. The van der Waals surface area contributed by atoms with Crippen molar-refractivity contribution in [2.24, 2.45) is 0 Å². The maximum Gasteiger partial charge on any atom is 0.340 e. The third kappa shape index (κ3) is 3.69. The summed E-state index contributed by atoms with van der Waals surface area (Å²) >= 11 is 1.38. The molecule has 1 aromatic carbocycles. The number of aromatic nitrogens is 1. The van der Waals surface area contributed by atoms with Crippen LogP contribution in [0.3, 0.4) is 0 Å². The first-order valence-corrected chi connectivity index (χ1v) is 8.10. The normalized spacial score (nSPS) is 11.7. The van der Waals surface area contributed by atoms with E-state index in [4.69, 9.17) is 9.26 Å². The van der Waals surface area contributed by atoms with Crippen molar-refractivity contribution in [2.45, 2.75) is 13.0 Å². The molecular formula is C17H14N2O4S. The average Bonchev–Trinajstić information content (AvgIpc) is 3.25. The van der Waals surface area contributed by atoms with Crippen LogP contribution in [0.25, 0.3) is 0 Å². The number of ether oxygens (including phenoxy) is 1. The highest BCUT2D eigenvalue weighted by molar-refractivity contribution is 7.08. The molecular weight excluding hydrogens is 328 g/mol. The van der Waals surface area contributed by atoms with E-state index >= 15 is 0 Å². The number of hydrogen-bond acceptors (Lipinski definition) is 6. The molecule has 3 aromatic rings. The van der Waals surface area contributed by atoms with Crippen LogP contribution in [0.15, 0.2) is 57.7 Å². The number of nitrogens with zero attached hydrogens (tertiary/aromatic N) is 1. The van der Waals surface area contributed by atoms with E-state index in [1.165, 1.54) is 11.3 Å². The number of rotatable bonds is 5. The average molecular weight is 342 g/mol. The van der Waals surface area contributed by atoms with Crippen molar-refractivity contribution in [3.63, 3.8) is 0 Å². The SMILES string of the molecule is Cc1cc(NC(=O)C(OC(=O)c2ccsc2)c2ccccc2)no1. The monoisotopic (exact) mass is 342 g/mol. The minimum Gasteiger partial charge on any atom is -0.444 e. The Bertz CT molecular complexity index is 827. The van der Waals surface area contributed by atoms with Gasteiger partial charge in [0.25, 0.3) is 5.91 Å². The fourth-order valence-corrected chi connectivity index (χ4v) is 2.70. The molecule has 0 fully saturated rings. The van der Waals surface area contributed by atoms with Crippen molar-refractivity contribution in [2.75, 3.05) is 5.32 Å². The Hall–Kier alpha value is -2.93. The summed E-state index contributed by atoms with van der Waals surface area (Å²) in [7, 11) is 0. The molecule has 0 aliphatic rings. The zero-order chi connectivity index (χ0) is 16.9. The van der Waals surface area contributed by atoms with Crippen molar-refractivity contribution in [3.05, 3.63) is 70.1 Å². The molecule has 0 aliphatic carbocycles. The van der Waals surface area contributed by atoms with Gasteiger partial charge in [0.05, 0.1) is 5.56 Å². The van der Waals surface area contributed by atoms with Crippen molar-refractivity contribution >= 4 is 29.0 Å². The number of amides is 1. The zero-order valence-corrected chi connectivity index (χ0v) is 13.6. The molecule has 0 bridgehead atoms. The summed E-state index contributed by atoms with van der Waals surface area (Å²) in [5.74, 6) is -0.225. The maximum absolute atomic E-state index is 12.6. The molecule has 2 aromatic heterocycles. The third-order valence-electron chi connectivity index (χ3n) is 3.20. The summed E-state index contributed by atoms with van der Waals surface area (Å²) in [6.07, 6.45) is -1.09. The van der Waals surface area contributed by atoms with E-state index in [2.05, 4.69) is 10.5 Å². The van der Waals surface area contributed by atoms with Crippen molar-refractivity contribution < 1.29 is 18.8 Å². The molecule has 1 N–H and O–H groups in total. The molecule has 6 nitrogen and oxygen atoms in total. The van der Waals surface area contributed by atoms with Gasteiger partial charge in [0.2, 0.25) is 6.10 Å². The highest BCUT2D eigenvalue weighted by Crippen LogP contribution is 2.22. The van der Waals surface area contributed by atoms with E-state index < -0.39 is 18.0 Å². The van der Waals surface area contributed by atoms with Crippen molar-refractivity contribution in [1.29, 1.82) is 0 Å². The summed E-state index contributed by atoms with van der Waals surface area (Å²) in [4.78, 5) is 24.8. The standard InChI is InChI=1S/C17H14N2O4S/c1-11-9-14(19-23-11)18-16(20)15(12-5-3-2-4-6-12)22-17(21)13-7-8-24-10-13/h2-10,15H,1H3,(H,18,19,20). The second kappa shape index (κ2) is 7.10. The summed E-state index contributed by atoms with van der Waals surface area (Å²) in [5.41, 5.74) is 0.977. The van der Waals surface area contributed by atoms with Crippen LogP contribution in [-0.2, 0) is 9.53 Å². The van der Waals surface area contributed by atoms with Crippen LogP contribution in [0.2, 0.25) is 0 Å². The smallest absolute Gasteiger partial charge is 0.340 e. The van der Waals surface area contributed by atoms with Gasteiger partial charge in [0, 0.05) is 17.0 Å². The summed E-state index contributed by atoms with van der Waals surface area (Å²) in [6, 6.07) is 12.0. The molecule has 24 heavy (non-hydrogen) atoms. The minimum atomic E-state index is -1.09. The van der Waals surface area contributed by atoms with E-state index in [0.717, 1.165) is 0 Å². The quantitative estimate of drug-likeness (QED) is 0.717. The molecule has 7 heteroatoms. The summed E-state index contributed by atoms with van der Waals surface area (Å²) in [5, 5.41) is 9.75. The van der Waals surface area contributed by atoms with Crippen LogP contribution in [0.4, 0.5) is 5.82 Å². The Morgan fingerprint density at radius 3 is 2.67 bits per heavy atom. The van der Waals surface area contributed by atoms with Gasteiger partial charge < -0.3 is 14.6 Å². The van der Waals surface area contributed by atoms with Gasteiger partial charge in [0.15, 0.2) is 5.82 Å². The predicted molar refractivity (Wildman–Crippen MR) is 88.8 cm³/mol. The molecule has 1 unspecified atom stereocenters. The van der Waals surface area contributed by atoms with Gasteiger partial charge in [-0.05, 0) is 18.4 Å². The van der Waals surface area contributed by atoms with Gasteiger partial charge in [-0.25, -0.2) is 4.79 Å². The number of anilines is 1. The molecule has 0 spiro atoms. The molecule has 0 aliphatic heterocycles. The number of nitrogens with one attached hydrogen (secondary N) is 1. The number of esters is 1. The number of hydrogen-bond donors (Lipinski definition) is 1. The minimum absolute atomic E-state index is 0.269. The number of aryl methyl sites for hydroxylation is 1. The molecule has 122 valence electrons. The number of thiophene rings is 1. The largest absolute Gasteiger partial charge is 0.444 e. The van der Waals surface area contributed by atoms with Gasteiger partial charge in [0.1, 0.15) is 5.76 Å². The number of benzene rings is 1. The molecule has 3 rings (SSSR count). The summed E-state index contributed by atoms with van der Waals surface area (Å²) in [6.45, 7) is 1.72. The first-order chi connectivity index (χ1) is 11.6. The van der Waals surface area contributed by atoms with E-state index in [1.54, 1.807) is 54.1 Å². The predicted octanol–water partition coefficient (Wildman–Crippen LogP) is 3.58. The van der Waals surface area contributed by atoms with Gasteiger partial charge in [-0.15, -0.1) is 0 Å². The fraction of sp³-hybridized carbons (Fsp3) is 0.118. The van der Waals surface area contributed by atoms with Crippen LogP contribution in [-0.4, -0.2) is 17.0 Å². The third-order valence-corrected chi connectivity index (χ3v) is 3.88. The molecule has 0 saturated heterocycles. The van der Waals surface area contributed by atoms with E-state index in [-0.39, 0.29) is 5.82 Å². The molecule has 0 saturated carbocycles. The van der Waals surface area contributed by atoms with Crippen LogP contribution in [0.1, 0.15) is 27.8 Å². The topological polar surface area (TPSA) is 81.4 Å². The fourth-order valence-electron chi connectivity index (χ4n) is 2.07. The maximum atomic E-state index is 12.6. The number of carbonyl (C=O) groups is 2. The van der Waals surface area contributed by atoms with E-state index in [9.17, 15) is 9.59 Å². The lowest BCUT2D eigenvalue weighted by atomic mass is 10.1. The highest BCUT2D eigenvalue weighted by atomic mass is 32.1. The van der Waals surface area contributed by atoms with Crippen LogP contribution in [0, 0.1) is 6.92 Å². The number of carbonyl (C=O) groups excluding carboxylic acids is 2. The Morgan fingerprint density at radius 2 is 2.04 bits per heavy atom. The van der Waals surface area contributed by atoms with Crippen LogP contribution < -0.4 is 5.32 Å².